The number of hydrogen-bond donors (Lipinski definition) is 0. The predicted molar refractivity (Wildman–Crippen MR) is 65.1 cm³/mol. The summed E-state index contributed by atoms with van der Waals surface area (Å²) < 4.78 is 0. The molecule has 1 amide bonds. The molecule has 2 rings (SSSR count). The van der Waals surface area contributed by atoms with E-state index in [1.54, 1.807) is 0 Å². The Morgan fingerprint density at radius 3 is 2.88 bits per heavy atom. The van der Waals surface area contributed by atoms with Crippen molar-refractivity contribution >= 4 is 11.6 Å². The Hall–Kier alpha value is -1.75. The number of carbonyl (C=O) groups excluding carboxylic acids is 1. The van der Waals surface area contributed by atoms with Gasteiger partial charge in [0.25, 0.3) is 0 Å². The van der Waals surface area contributed by atoms with Crippen LogP contribution < -0.4 is 4.90 Å². The number of carbonyl (C=O) groups is 1. The van der Waals surface area contributed by atoms with E-state index >= 15 is 0 Å². The molecule has 1 atom stereocenters. The highest BCUT2D eigenvalue weighted by Gasteiger charge is 2.30. The van der Waals surface area contributed by atoms with Gasteiger partial charge in [0.1, 0.15) is 0 Å². The van der Waals surface area contributed by atoms with Gasteiger partial charge in [-0.15, -0.1) is 12.3 Å². The number of nitrogens with zero attached hydrogens (tertiary/aromatic N) is 1. The van der Waals surface area contributed by atoms with Crippen LogP contribution in [0.15, 0.2) is 24.3 Å². The second-order valence-electron chi connectivity index (χ2n) is 4.05. The Morgan fingerprint density at radius 2 is 2.25 bits per heavy atom. The molecule has 0 aliphatic carbocycles. The zero-order chi connectivity index (χ0) is 11.5. The molecule has 1 aliphatic rings. The van der Waals surface area contributed by atoms with Crippen molar-refractivity contribution in [2.45, 2.75) is 19.8 Å². The normalized spacial score (nSPS) is 19.9. The third-order valence-electron chi connectivity index (χ3n) is 3.02. The van der Waals surface area contributed by atoms with E-state index in [4.69, 9.17) is 6.42 Å². The van der Waals surface area contributed by atoms with Crippen molar-refractivity contribution in [3.8, 4) is 12.3 Å². The Balaban J connectivity index is 2.31. The number of para-hydroxylation sites is 1. The number of benzene rings is 1. The molecule has 1 aliphatic heterocycles. The van der Waals surface area contributed by atoms with Gasteiger partial charge < -0.3 is 4.90 Å². The Kier molecular flexibility index (Phi) is 2.96. The highest BCUT2D eigenvalue weighted by atomic mass is 16.2. The van der Waals surface area contributed by atoms with E-state index in [1.165, 1.54) is 5.56 Å². The molecular weight excluding hydrogens is 198 g/mol. The maximum absolute atomic E-state index is 11.8. The van der Waals surface area contributed by atoms with Gasteiger partial charge in [0, 0.05) is 24.6 Å². The first-order valence-corrected chi connectivity index (χ1v) is 5.60. The highest BCUT2D eigenvalue weighted by Crippen LogP contribution is 2.27. The third kappa shape index (κ3) is 1.81. The molecule has 82 valence electrons. The second-order valence-corrected chi connectivity index (χ2v) is 4.05. The van der Waals surface area contributed by atoms with Crippen LogP contribution in [0, 0.1) is 18.3 Å². The fourth-order valence-electron chi connectivity index (χ4n) is 2.13. The fourth-order valence-corrected chi connectivity index (χ4v) is 2.13. The van der Waals surface area contributed by atoms with E-state index in [-0.39, 0.29) is 11.8 Å². The maximum Gasteiger partial charge on any atom is 0.228 e. The molecule has 0 radical (unpaired) electrons. The van der Waals surface area contributed by atoms with Gasteiger partial charge in [-0.05, 0) is 18.1 Å². The molecule has 0 bridgehead atoms. The Morgan fingerprint density at radius 1 is 1.50 bits per heavy atom. The molecule has 0 saturated carbocycles. The molecule has 16 heavy (non-hydrogen) atoms. The molecule has 1 aromatic rings. The molecule has 0 aromatic heterocycles. The number of rotatable bonds is 2. The summed E-state index contributed by atoms with van der Waals surface area (Å²) in [7, 11) is 0. The number of anilines is 1. The number of terminal acetylenes is 1. The average Bonchev–Trinajstić information content (AvgIpc) is 2.70. The Bertz CT molecular complexity index is 444. The lowest BCUT2D eigenvalue weighted by molar-refractivity contribution is -0.117. The summed E-state index contributed by atoms with van der Waals surface area (Å²) in [5, 5.41) is 0. The lowest BCUT2D eigenvalue weighted by Crippen LogP contribution is -2.25. The van der Waals surface area contributed by atoms with Gasteiger partial charge in [-0.3, -0.25) is 4.79 Å². The first-order valence-electron chi connectivity index (χ1n) is 5.60. The van der Waals surface area contributed by atoms with Gasteiger partial charge in [0.15, 0.2) is 0 Å². The minimum Gasteiger partial charge on any atom is -0.311 e. The topological polar surface area (TPSA) is 20.3 Å². The number of aryl methyl sites for hydroxylation is 1. The standard InChI is InChI=1S/C14H15NO/c1-3-11-9-14(16)15(10-11)13-8-6-5-7-12(13)4-2/h1,5-8,11H,4,9-10H2,2H3. The average molecular weight is 213 g/mol. The van der Waals surface area contributed by atoms with Crippen molar-refractivity contribution in [2.24, 2.45) is 5.92 Å². The quantitative estimate of drug-likeness (QED) is 0.690. The first-order chi connectivity index (χ1) is 7.76. The summed E-state index contributed by atoms with van der Waals surface area (Å²) in [5.74, 6) is 2.88. The van der Waals surface area contributed by atoms with Crippen LogP contribution in [0.3, 0.4) is 0 Å². The summed E-state index contributed by atoms with van der Waals surface area (Å²) >= 11 is 0. The van der Waals surface area contributed by atoms with Crippen LogP contribution in [0.2, 0.25) is 0 Å². The first kappa shape index (κ1) is 10.8. The van der Waals surface area contributed by atoms with E-state index in [2.05, 4.69) is 18.9 Å². The van der Waals surface area contributed by atoms with Crippen LogP contribution in [-0.2, 0) is 11.2 Å². The van der Waals surface area contributed by atoms with Gasteiger partial charge in [-0.25, -0.2) is 0 Å². The van der Waals surface area contributed by atoms with Crippen molar-refractivity contribution in [3.05, 3.63) is 29.8 Å². The monoisotopic (exact) mass is 213 g/mol. The lowest BCUT2D eigenvalue weighted by atomic mass is 10.1. The molecular formula is C14H15NO. The third-order valence-corrected chi connectivity index (χ3v) is 3.02. The highest BCUT2D eigenvalue weighted by molar-refractivity contribution is 5.96. The molecule has 1 unspecified atom stereocenters. The molecule has 0 N–H and O–H groups in total. The molecule has 1 saturated heterocycles. The van der Waals surface area contributed by atoms with Crippen LogP contribution in [0.25, 0.3) is 0 Å². The molecule has 1 heterocycles. The van der Waals surface area contributed by atoms with Gasteiger partial charge in [0.2, 0.25) is 5.91 Å². The van der Waals surface area contributed by atoms with Crippen LogP contribution in [0.5, 0.6) is 0 Å². The summed E-state index contributed by atoms with van der Waals surface area (Å²) in [4.78, 5) is 13.7. The van der Waals surface area contributed by atoms with Crippen LogP contribution in [-0.4, -0.2) is 12.5 Å². The van der Waals surface area contributed by atoms with E-state index in [1.807, 2.05) is 23.1 Å². The number of hydrogen-bond acceptors (Lipinski definition) is 1. The molecule has 1 aromatic carbocycles. The van der Waals surface area contributed by atoms with E-state index < -0.39 is 0 Å². The predicted octanol–water partition coefficient (Wildman–Crippen LogP) is 2.24. The van der Waals surface area contributed by atoms with Crippen molar-refractivity contribution in [3.63, 3.8) is 0 Å². The van der Waals surface area contributed by atoms with Gasteiger partial charge in [-0.2, -0.15) is 0 Å². The summed E-state index contributed by atoms with van der Waals surface area (Å²) in [6.07, 6.45) is 6.79. The van der Waals surface area contributed by atoms with Crippen LogP contribution >= 0.6 is 0 Å². The fraction of sp³-hybridized carbons (Fsp3) is 0.357. The van der Waals surface area contributed by atoms with Crippen molar-refractivity contribution in [2.75, 3.05) is 11.4 Å². The second kappa shape index (κ2) is 4.40. The van der Waals surface area contributed by atoms with Gasteiger partial charge >= 0.3 is 0 Å². The zero-order valence-corrected chi connectivity index (χ0v) is 9.44. The lowest BCUT2D eigenvalue weighted by Gasteiger charge is -2.19. The molecule has 2 nitrogen and oxygen atoms in total. The summed E-state index contributed by atoms with van der Waals surface area (Å²) in [6.45, 7) is 2.75. The van der Waals surface area contributed by atoms with Crippen LogP contribution in [0.4, 0.5) is 5.69 Å². The minimum absolute atomic E-state index is 0.0670. The van der Waals surface area contributed by atoms with Gasteiger partial charge in [0.05, 0.1) is 0 Å². The van der Waals surface area contributed by atoms with Crippen molar-refractivity contribution in [1.82, 2.24) is 0 Å². The molecule has 0 spiro atoms. The SMILES string of the molecule is C#CC1CC(=O)N(c2ccccc2CC)C1. The molecule has 2 heteroatoms. The Labute approximate surface area is 96.3 Å². The zero-order valence-electron chi connectivity index (χ0n) is 9.44. The summed E-state index contributed by atoms with van der Waals surface area (Å²) in [6, 6.07) is 8.02. The minimum atomic E-state index is 0.0670. The smallest absolute Gasteiger partial charge is 0.228 e. The van der Waals surface area contributed by atoms with E-state index in [0.29, 0.717) is 13.0 Å². The summed E-state index contributed by atoms with van der Waals surface area (Å²) in [5.41, 5.74) is 2.22. The molecule has 1 fully saturated rings. The number of amides is 1. The van der Waals surface area contributed by atoms with Crippen molar-refractivity contribution < 1.29 is 4.79 Å². The van der Waals surface area contributed by atoms with Gasteiger partial charge in [-0.1, -0.05) is 25.1 Å². The van der Waals surface area contributed by atoms with E-state index in [0.717, 1.165) is 12.1 Å². The maximum atomic E-state index is 11.8. The van der Waals surface area contributed by atoms with Crippen LogP contribution in [0.1, 0.15) is 18.9 Å². The van der Waals surface area contributed by atoms with E-state index in [9.17, 15) is 4.79 Å². The van der Waals surface area contributed by atoms with Crippen molar-refractivity contribution in [1.29, 1.82) is 0 Å². The largest absolute Gasteiger partial charge is 0.311 e.